The number of piperidine rings is 2. The Morgan fingerprint density at radius 3 is 1.56 bits per heavy atom. The Balaban J connectivity index is 0.000000232. The zero-order valence-corrected chi connectivity index (χ0v) is 24.9. The fourth-order valence-corrected chi connectivity index (χ4v) is 4.51. The van der Waals surface area contributed by atoms with E-state index in [2.05, 4.69) is 10.2 Å². The molecule has 4 saturated heterocycles. The number of likely N-dealkylation sites (tertiary alicyclic amines) is 3. The SMILES string of the molecule is CC(C)(C)OC(=O)N1CCC(=O)CC1.CC(C)(C)OC(=O)N1CCC(N2CC(CO)C2)CC1.OCC1CNC1. The van der Waals surface area contributed by atoms with Crippen molar-refractivity contribution in [1.29, 1.82) is 0 Å². The Kier molecular flexibility index (Phi) is 12.9. The number of nitrogens with one attached hydrogen (secondary N) is 1. The molecule has 0 bridgehead atoms. The lowest BCUT2D eigenvalue weighted by molar-refractivity contribution is -0.121. The molecule has 4 aliphatic heterocycles. The molecule has 0 saturated carbocycles. The van der Waals surface area contributed by atoms with Crippen LogP contribution in [0.3, 0.4) is 0 Å². The van der Waals surface area contributed by atoms with Gasteiger partial charge in [-0.15, -0.1) is 0 Å². The van der Waals surface area contributed by atoms with Gasteiger partial charge in [-0.25, -0.2) is 9.59 Å². The van der Waals surface area contributed by atoms with Gasteiger partial charge in [-0.1, -0.05) is 0 Å². The van der Waals surface area contributed by atoms with E-state index in [9.17, 15) is 14.4 Å². The maximum Gasteiger partial charge on any atom is 0.410 e. The summed E-state index contributed by atoms with van der Waals surface area (Å²) in [6, 6.07) is 0.571. The molecule has 3 N–H and O–H groups in total. The molecule has 39 heavy (non-hydrogen) atoms. The van der Waals surface area contributed by atoms with Gasteiger partial charge in [0.15, 0.2) is 0 Å². The molecule has 11 nitrogen and oxygen atoms in total. The molecule has 0 aromatic rings. The molecule has 0 aromatic carbocycles. The lowest BCUT2D eigenvalue weighted by Gasteiger charge is -2.46. The van der Waals surface area contributed by atoms with Gasteiger partial charge in [-0.2, -0.15) is 0 Å². The maximum atomic E-state index is 11.9. The molecule has 0 unspecified atom stereocenters. The van der Waals surface area contributed by atoms with Crippen molar-refractivity contribution in [2.45, 2.75) is 84.5 Å². The second kappa shape index (κ2) is 15.2. The quantitative estimate of drug-likeness (QED) is 0.478. The summed E-state index contributed by atoms with van der Waals surface area (Å²) in [5.41, 5.74) is -0.877. The number of Topliss-reactive ketones (excluding diaryl/α,β-unsaturated/α-hetero) is 1. The van der Waals surface area contributed by atoms with Crippen LogP contribution < -0.4 is 5.32 Å². The molecule has 2 amide bonds. The Labute approximate surface area is 234 Å². The van der Waals surface area contributed by atoms with E-state index in [-0.39, 0.29) is 18.0 Å². The number of hydrogen-bond acceptors (Lipinski definition) is 9. The number of ketones is 1. The molecular weight excluding hydrogens is 504 g/mol. The minimum Gasteiger partial charge on any atom is -0.444 e. The van der Waals surface area contributed by atoms with Crippen LogP contribution in [0, 0.1) is 11.8 Å². The fraction of sp³-hybridized carbons (Fsp3) is 0.893. The number of carbonyl (C=O) groups is 3. The van der Waals surface area contributed by atoms with Crippen molar-refractivity contribution in [2.75, 3.05) is 65.6 Å². The van der Waals surface area contributed by atoms with Crippen LogP contribution in [0.2, 0.25) is 0 Å². The van der Waals surface area contributed by atoms with E-state index in [1.807, 2.05) is 46.4 Å². The van der Waals surface area contributed by atoms with Crippen molar-refractivity contribution in [1.82, 2.24) is 20.0 Å². The van der Waals surface area contributed by atoms with Gasteiger partial charge in [0.2, 0.25) is 0 Å². The van der Waals surface area contributed by atoms with Crippen molar-refractivity contribution < 1.29 is 34.1 Å². The second-order valence-corrected chi connectivity index (χ2v) is 12.9. The third-order valence-corrected chi connectivity index (χ3v) is 6.97. The van der Waals surface area contributed by atoms with Gasteiger partial charge in [0.1, 0.15) is 17.0 Å². The Bertz CT molecular complexity index is 765. The first kappa shape index (κ1) is 33.3. The van der Waals surface area contributed by atoms with E-state index >= 15 is 0 Å². The van der Waals surface area contributed by atoms with Crippen LogP contribution in [0.1, 0.15) is 67.2 Å². The molecule has 4 heterocycles. The number of ether oxygens (including phenoxy) is 2. The number of aliphatic hydroxyl groups excluding tert-OH is 2. The van der Waals surface area contributed by atoms with Crippen molar-refractivity contribution in [3.63, 3.8) is 0 Å². The summed E-state index contributed by atoms with van der Waals surface area (Å²) in [6.45, 7) is 18.4. The molecular formula is C28H52N4O7. The average molecular weight is 557 g/mol. The molecule has 11 heteroatoms. The Morgan fingerprint density at radius 1 is 0.795 bits per heavy atom. The number of carbonyl (C=O) groups excluding carboxylic acids is 3. The highest BCUT2D eigenvalue weighted by atomic mass is 16.6. The molecule has 0 aliphatic carbocycles. The first-order chi connectivity index (χ1) is 18.2. The normalized spacial score (nSPS) is 21.5. The standard InChI is InChI=1S/C14H26N2O3.C10H17NO3.C4H9NO/c1-14(2,3)19-13(18)15-6-4-12(5-7-15)16-8-11(9-16)10-17;1-10(2,3)14-9(13)11-6-4-8(12)5-7-11;6-3-4-1-5-2-4/h11-12,17H,4-10H2,1-3H3;4-7H2,1-3H3;4-6H,1-3H2. The van der Waals surface area contributed by atoms with Gasteiger partial charge in [-0.05, 0) is 54.4 Å². The van der Waals surface area contributed by atoms with Crippen molar-refractivity contribution >= 4 is 18.0 Å². The number of rotatable bonds is 3. The maximum absolute atomic E-state index is 11.9. The average Bonchev–Trinajstić information content (AvgIpc) is 2.77. The monoisotopic (exact) mass is 556 g/mol. The molecule has 0 aromatic heterocycles. The van der Waals surface area contributed by atoms with Crippen LogP contribution in [-0.2, 0) is 14.3 Å². The zero-order chi connectivity index (χ0) is 29.2. The highest BCUT2D eigenvalue weighted by molar-refractivity contribution is 5.81. The first-order valence-electron chi connectivity index (χ1n) is 14.3. The summed E-state index contributed by atoms with van der Waals surface area (Å²) >= 11 is 0. The highest BCUT2D eigenvalue weighted by Gasteiger charge is 2.35. The lowest BCUT2D eigenvalue weighted by Crippen LogP contribution is -2.56. The molecule has 0 radical (unpaired) electrons. The first-order valence-corrected chi connectivity index (χ1v) is 14.3. The third-order valence-electron chi connectivity index (χ3n) is 6.97. The number of hydrogen-bond donors (Lipinski definition) is 3. The zero-order valence-electron chi connectivity index (χ0n) is 24.9. The molecule has 4 rings (SSSR count). The van der Waals surface area contributed by atoms with Gasteiger partial charge < -0.3 is 34.8 Å². The number of nitrogens with zero attached hydrogens (tertiary/aromatic N) is 3. The van der Waals surface area contributed by atoms with Crippen molar-refractivity contribution in [3.05, 3.63) is 0 Å². The van der Waals surface area contributed by atoms with Crippen molar-refractivity contribution in [3.8, 4) is 0 Å². The smallest absolute Gasteiger partial charge is 0.410 e. The van der Waals surface area contributed by atoms with E-state index in [0.29, 0.717) is 57.0 Å². The van der Waals surface area contributed by atoms with Crippen LogP contribution in [0.25, 0.3) is 0 Å². The molecule has 4 aliphatic rings. The van der Waals surface area contributed by atoms with Gasteiger partial charge in [-0.3, -0.25) is 9.69 Å². The summed E-state index contributed by atoms with van der Waals surface area (Å²) in [4.78, 5) is 40.2. The molecule has 0 spiro atoms. The largest absolute Gasteiger partial charge is 0.444 e. The Hall–Kier alpha value is -1.95. The summed E-state index contributed by atoms with van der Waals surface area (Å²) < 4.78 is 10.6. The summed E-state index contributed by atoms with van der Waals surface area (Å²) in [6.07, 6.45) is 2.43. The third kappa shape index (κ3) is 12.4. The lowest BCUT2D eigenvalue weighted by atomic mass is 9.94. The highest BCUT2D eigenvalue weighted by Crippen LogP contribution is 2.25. The minimum atomic E-state index is -0.460. The van der Waals surface area contributed by atoms with Gasteiger partial charge in [0.05, 0.1) is 0 Å². The van der Waals surface area contributed by atoms with Gasteiger partial charge >= 0.3 is 12.2 Å². The molecule has 226 valence electrons. The topological polar surface area (TPSA) is 132 Å². The van der Waals surface area contributed by atoms with Crippen LogP contribution in [0.4, 0.5) is 9.59 Å². The summed E-state index contributed by atoms with van der Waals surface area (Å²) in [5.74, 6) is 1.25. The molecule has 0 atom stereocenters. The van der Waals surface area contributed by atoms with Gasteiger partial charge in [0.25, 0.3) is 0 Å². The summed E-state index contributed by atoms with van der Waals surface area (Å²) in [7, 11) is 0. The minimum absolute atomic E-state index is 0.192. The van der Waals surface area contributed by atoms with E-state index in [1.54, 1.807) is 4.90 Å². The van der Waals surface area contributed by atoms with E-state index < -0.39 is 11.2 Å². The predicted octanol–water partition coefficient (Wildman–Crippen LogP) is 2.09. The molecule has 4 fully saturated rings. The second-order valence-electron chi connectivity index (χ2n) is 12.9. The predicted molar refractivity (Wildman–Crippen MR) is 148 cm³/mol. The Morgan fingerprint density at radius 2 is 1.23 bits per heavy atom. The van der Waals surface area contributed by atoms with Crippen LogP contribution >= 0.6 is 0 Å². The number of amides is 2. The summed E-state index contributed by atoms with van der Waals surface area (Å²) in [5, 5.41) is 20.4. The number of aliphatic hydroxyl groups is 2. The van der Waals surface area contributed by atoms with Crippen LogP contribution in [-0.4, -0.2) is 126 Å². The van der Waals surface area contributed by atoms with E-state index in [1.165, 1.54) is 0 Å². The van der Waals surface area contributed by atoms with Crippen LogP contribution in [0.15, 0.2) is 0 Å². The van der Waals surface area contributed by atoms with E-state index in [4.69, 9.17) is 19.7 Å². The fourth-order valence-electron chi connectivity index (χ4n) is 4.51. The van der Waals surface area contributed by atoms with E-state index in [0.717, 1.165) is 52.1 Å². The van der Waals surface area contributed by atoms with Crippen molar-refractivity contribution in [2.24, 2.45) is 11.8 Å². The van der Waals surface area contributed by atoms with Crippen LogP contribution in [0.5, 0.6) is 0 Å². The van der Waals surface area contributed by atoms with Gasteiger partial charge in [0, 0.05) is 96.3 Å².